The molecule has 0 spiro atoms. The van der Waals surface area contributed by atoms with Gasteiger partial charge in [0.05, 0.1) is 19.8 Å². The molecule has 0 radical (unpaired) electrons. The van der Waals surface area contributed by atoms with Gasteiger partial charge in [0, 0.05) is 25.7 Å². The van der Waals surface area contributed by atoms with Crippen LogP contribution < -0.4 is 5.73 Å². The topological polar surface area (TPSA) is 90.0 Å². The molecule has 0 aliphatic rings. The third kappa shape index (κ3) is 16.5. The number of hydrogen-bond acceptors (Lipinski definition) is 5. The molecule has 0 saturated carbocycles. The molecule has 0 saturated heterocycles. The van der Waals surface area contributed by atoms with Gasteiger partial charge < -0.3 is 21.1 Å². The molecule has 0 rings (SSSR count). The summed E-state index contributed by atoms with van der Waals surface area (Å²) in [6.45, 7) is 5.83. The molecule has 5 nitrogen and oxygen atoms in total. The van der Waals surface area contributed by atoms with Crippen molar-refractivity contribution in [1.29, 1.82) is 0 Å². The molecule has 0 aliphatic carbocycles. The quantitative estimate of drug-likeness (QED) is 0.444. The third-order valence-corrected chi connectivity index (χ3v) is 1.89. The van der Waals surface area contributed by atoms with E-state index in [1.165, 1.54) is 0 Å². The lowest BCUT2D eigenvalue weighted by molar-refractivity contribution is 0.136. The lowest BCUT2D eigenvalue weighted by Crippen LogP contribution is -2.32. The van der Waals surface area contributed by atoms with Crippen molar-refractivity contribution in [3.05, 3.63) is 0 Å². The second kappa shape index (κ2) is 13.8. The maximum atomic E-state index is 8.48. The van der Waals surface area contributed by atoms with E-state index in [9.17, 15) is 0 Å². The minimum absolute atomic E-state index is 0.0694. The summed E-state index contributed by atoms with van der Waals surface area (Å²) in [5.74, 6) is 0. The zero-order valence-corrected chi connectivity index (χ0v) is 9.89. The highest BCUT2D eigenvalue weighted by Crippen LogP contribution is 1.84. The normalized spacial score (nSPS) is 12.2. The average Bonchev–Trinajstić information content (AvgIpc) is 2.20. The Bertz CT molecular complexity index is 98.6. The van der Waals surface area contributed by atoms with Crippen molar-refractivity contribution in [2.45, 2.75) is 26.3 Å². The fourth-order valence-corrected chi connectivity index (χ4v) is 0.760. The Morgan fingerprint density at radius 2 is 1.27 bits per heavy atom. The minimum Gasteiger partial charge on any atom is -0.395 e. The van der Waals surface area contributed by atoms with Crippen molar-refractivity contribution in [3.8, 4) is 0 Å². The molecule has 1 atom stereocenters. The van der Waals surface area contributed by atoms with Crippen LogP contribution in [0.2, 0.25) is 0 Å². The molecular weight excluding hydrogens is 196 g/mol. The number of aliphatic hydroxyl groups is 3. The summed E-state index contributed by atoms with van der Waals surface area (Å²) in [4.78, 5) is 1.79. The van der Waals surface area contributed by atoms with Gasteiger partial charge in [-0.1, -0.05) is 6.92 Å². The van der Waals surface area contributed by atoms with Gasteiger partial charge in [-0.2, -0.15) is 0 Å². The van der Waals surface area contributed by atoms with Gasteiger partial charge in [0.2, 0.25) is 0 Å². The molecule has 0 aromatic carbocycles. The fourth-order valence-electron chi connectivity index (χ4n) is 0.760. The highest BCUT2D eigenvalue weighted by molar-refractivity contribution is 4.54. The summed E-state index contributed by atoms with van der Waals surface area (Å²) in [6.07, 6.45) is 1.08. The number of aliphatic hydroxyl groups excluding tert-OH is 3. The highest BCUT2D eigenvalue weighted by Gasteiger charge is 2.00. The van der Waals surface area contributed by atoms with Gasteiger partial charge in [0.15, 0.2) is 0 Å². The third-order valence-electron chi connectivity index (χ3n) is 1.89. The molecule has 94 valence electrons. The summed E-state index contributed by atoms with van der Waals surface area (Å²) in [5.41, 5.74) is 5.29. The van der Waals surface area contributed by atoms with Crippen molar-refractivity contribution in [2.75, 3.05) is 39.5 Å². The first-order valence-electron chi connectivity index (χ1n) is 5.42. The average molecular weight is 222 g/mol. The molecule has 0 fully saturated rings. The molecule has 0 amide bonds. The lowest BCUT2D eigenvalue weighted by Gasteiger charge is -2.17. The van der Waals surface area contributed by atoms with E-state index in [0.29, 0.717) is 25.7 Å². The molecule has 15 heavy (non-hydrogen) atoms. The standard InChI is InChI=1S/C6H15NO3.C4H11N/c8-4-1-7(2-5-9)3-6-10;1-3-4(2)5/h8-10H,1-6H2;4H,3,5H2,1-2H3. The SMILES string of the molecule is CCC(C)N.OCCN(CCO)CCO. The van der Waals surface area contributed by atoms with Crippen LogP contribution in [-0.4, -0.2) is 65.7 Å². The van der Waals surface area contributed by atoms with E-state index in [-0.39, 0.29) is 19.8 Å². The number of rotatable bonds is 7. The number of hydrogen-bond donors (Lipinski definition) is 4. The minimum atomic E-state index is 0.0694. The Hall–Kier alpha value is -0.200. The van der Waals surface area contributed by atoms with Crippen LogP contribution in [0, 0.1) is 0 Å². The molecule has 0 bridgehead atoms. The highest BCUT2D eigenvalue weighted by atomic mass is 16.3. The van der Waals surface area contributed by atoms with Crippen LogP contribution >= 0.6 is 0 Å². The van der Waals surface area contributed by atoms with Gasteiger partial charge >= 0.3 is 0 Å². The summed E-state index contributed by atoms with van der Waals surface area (Å²) in [7, 11) is 0. The Morgan fingerprint density at radius 1 is 1.00 bits per heavy atom. The lowest BCUT2D eigenvalue weighted by atomic mass is 10.3. The van der Waals surface area contributed by atoms with Crippen LogP contribution in [0.4, 0.5) is 0 Å². The van der Waals surface area contributed by atoms with E-state index < -0.39 is 0 Å². The van der Waals surface area contributed by atoms with E-state index in [4.69, 9.17) is 21.1 Å². The Balaban J connectivity index is 0. The van der Waals surface area contributed by atoms with Gasteiger partial charge in [-0.3, -0.25) is 4.90 Å². The largest absolute Gasteiger partial charge is 0.395 e. The van der Waals surface area contributed by atoms with Crippen LogP contribution in [-0.2, 0) is 0 Å². The summed E-state index contributed by atoms with van der Waals surface area (Å²) in [5, 5.41) is 25.5. The van der Waals surface area contributed by atoms with E-state index in [1.807, 2.05) is 6.92 Å². The summed E-state index contributed by atoms with van der Waals surface area (Å²) in [6, 6.07) is 0.384. The molecule has 5 N–H and O–H groups in total. The summed E-state index contributed by atoms with van der Waals surface area (Å²) < 4.78 is 0. The molecule has 1 unspecified atom stereocenters. The van der Waals surface area contributed by atoms with E-state index in [1.54, 1.807) is 4.90 Å². The predicted octanol–water partition coefficient (Wildman–Crippen LogP) is -0.991. The second-order valence-corrected chi connectivity index (χ2v) is 3.40. The van der Waals surface area contributed by atoms with Crippen molar-refractivity contribution in [2.24, 2.45) is 5.73 Å². The first kappa shape index (κ1) is 17.2. The van der Waals surface area contributed by atoms with Crippen molar-refractivity contribution in [3.63, 3.8) is 0 Å². The van der Waals surface area contributed by atoms with Gasteiger partial charge in [0.25, 0.3) is 0 Å². The Labute approximate surface area is 92.5 Å². The van der Waals surface area contributed by atoms with Crippen molar-refractivity contribution < 1.29 is 15.3 Å². The van der Waals surface area contributed by atoms with E-state index >= 15 is 0 Å². The molecule has 5 heteroatoms. The maximum Gasteiger partial charge on any atom is 0.0558 e. The number of nitrogens with zero attached hydrogens (tertiary/aromatic N) is 1. The Morgan fingerprint density at radius 3 is 1.40 bits per heavy atom. The second-order valence-electron chi connectivity index (χ2n) is 3.40. The van der Waals surface area contributed by atoms with Gasteiger partial charge in [-0.05, 0) is 13.3 Å². The Kier molecular flexibility index (Phi) is 15.8. The van der Waals surface area contributed by atoms with Gasteiger partial charge in [-0.15, -0.1) is 0 Å². The molecule has 0 aliphatic heterocycles. The maximum absolute atomic E-state index is 8.48. The molecule has 0 aromatic rings. The first-order valence-corrected chi connectivity index (χ1v) is 5.42. The van der Waals surface area contributed by atoms with Crippen LogP contribution in [0.3, 0.4) is 0 Å². The first-order chi connectivity index (χ1) is 7.12. The number of nitrogens with two attached hydrogens (primary N) is 1. The summed E-state index contributed by atoms with van der Waals surface area (Å²) >= 11 is 0. The van der Waals surface area contributed by atoms with Crippen LogP contribution in [0.1, 0.15) is 20.3 Å². The molecule has 0 heterocycles. The van der Waals surface area contributed by atoms with Crippen molar-refractivity contribution in [1.82, 2.24) is 4.90 Å². The smallest absolute Gasteiger partial charge is 0.0558 e. The monoisotopic (exact) mass is 222 g/mol. The fraction of sp³-hybridized carbons (Fsp3) is 1.00. The van der Waals surface area contributed by atoms with Crippen LogP contribution in [0.5, 0.6) is 0 Å². The predicted molar refractivity (Wildman–Crippen MR) is 61.6 cm³/mol. The van der Waals surface area contributed by atoms with E-state index in [2.05, 4.69) is 6.92 Å². The zero-order chi connectivity index (χ0) is 12.1. The van der Waals surface area contributed by atoms with E-state index in [0.717, 1.165) is 6.42 Å². The zero-order valence-electron chi connectivity index (χ0n) is 9.89. The van der Waals surface area contributed by atoms with Gasteiger partial charge in [-0.25, -0.2) is 0 Å². The molecular formula is C10H26N2O3. The van der Waals surface area contributed by atoms with Gasteiger partial charge in [0.1, 0.15) is 0 Å². The van der Waals surface area contributed by atoms with Crippen LogP contribution in [0.15, 0.2) is 0 Å². The van der Waals surface area contributed by atoms with Crippen LogP contribution in [0.25, 0.3) is 0 Å². The van der Waals surface area contributed by atoms with Crippen molar-refractivity contribution >= 4 is 0 Å². The molecule has 0 aromatic heterocycles.